The van der Waals surface area contributed by atoms with Crippen LogP contribution in [0.4, 0.5) is 5.82 Å². The number of ether oxygens (including phenoxy) is 1. The number of nitrogens with one attached hydrogen (secondary N) is 2. The van der Waals surface area contributed by atoms with Gasteiger partial charge in [0.25, 0.3) is 0 Å². The van der Waals surface area contributed by atoms with Crippen LogP contribution in [0.2, 0.25) is 0 Å². The molecule has 2 aliphatic heterocycles. The molecule has 0 amide bonds. The summed E-state index contributed by atoms with van der Waals surface area (Å²) in [6.07, 6.45) is 7.42. The maximum atomic E-state index is 14.2. The Morgan fingerprint density at radius 3 is 2.82 bits per heavy atom. The molecule has 5 heterocycles. The number of H-pyrrole nitrogens is 1. The molecule has 33 heavy (non-hydrogen) atoms. The molecule has 4 aromatic rings. The summed E-state index contributed by atoms with van der Waals surface area (Å²) in [5.41, 5.74) is 4.01. The molecule has 6 rings (SSSR count). The SMILES string of the molecule is C[C@@H]1COCCN1c1nc2c(ccn2-c2ccn[nH]2)c2c1CNS(C)(C)(=O)c1ccccc1-2. The van der Waals surface area contributed by atoms with Crippen molar-refractivity contribution in [3.63, 3.8) is 0 Å². The van der Waals surface area contributed by atoms with Crippen molar-refractivity contribution in [1.29, 1.82) is 0 Å². The van der Waals surface area contributed by atoms with E-state index in [4.69, 9.17) is 9.72 Å². The molecule has 0 unspecified atom stereocenters. The largest absolute Gasteiger partial charge is 0.377 e. The van der Waals surface area contributed by atoms with Crippen LogP contribution in [0.1, 0.15) is 12.5 Å². The molecule has 0 radical (unpaired) electrons. The Bertz CT molecular complexity index is 1430. The van der Waals surface area contributed by atoms with Crippen LogP contribution in [0.25, 0.3) is 28.0 Å². The van der Waals surface area contributed by atoms with Gasteiger partial charge in [0.1, 0.15) is 17.3 Å². The van der Waals surface area contributed by atoms with E-state index in [1.165, 1.54) is 0 Å². The summed E-state index contributed by atoms with van der Waals surface area (Å²) in [5, 5.41) is 8.21. The molecule has 8 nitrogen and oxygen atoms in total. The Labute approximate surface area is 192 Å². The van der Waals surface area contributed by atoms with E-state index < -0.39 is 9.25 Å². The molecule has 172 valence electrons. The van der Waals surface area contributed by atoms with Gasteiger partial charge in [0.15, 0.2) is 0 Å². The lowest BCUT2D eigenvalue weighted by Crippen LogP contribution is -2.46. The van der Waals surface area contributed by atoms with Crippen molar-refractivity contribution in [3.05, 3.63) is 54.4 Å². The highest BCUT2D eigenvalue weighted by molar-refractivity contribution is 8.17. The summed E-state index contributed by atoms with van der Waals surface area (Å²) < 4.78 is 25.4. The zero-order valence-electron chi connectivity index (χ0n) is 19.0. The van der Waals surface area contributed by atoms with Crippen molar-refractivity contribution in [2.45, 2.75) is 24.4 Å². The van der Waals surface area contributed by atoms with E-state index in [0.29, 0.717) is 19.8 Å². The summed E-state index contributed by atoms with van der Waals surface area (Å²) in [6.45, 7) is 4.71. The first-order valence-corrected chi connectivity index (χ1v) is 13.9. The first-order valence-electron chi connectivity index (χ1n) is 11.2. The van der Waals surface area contributed by atoms with Crippen LogP contribution in [0.15, 0.2) is 53.7 Å². The van der Waals surface area contributed by atoms with Crippen LogP contribution in [-0.4, -0.2) is 62.3 Å². The van der Waals surface area contributed by atoms with Crippen LogP contribution in [0.3, 0.4) is 0 Å². The van der Waals surface area contributed by atoms with E-state index >= 15 is 0 Å². The number of pyridine rings is 1. The molecule has 0 saturated carbocycles. The minimum Gasteiger partial charge on any atom is -0.377 e. The quantitative estimate of drug-likeness (QED) is 0.476. The van der Waals surface area contributed by atoms with Crippen molar-refractivity contribution in [2.24, 2.45) is 0 Å². The average Bonchev–Trinajstić information content (AvgIpc) is 3.45. The second-order valence-corrected chi connectivity index (χ2v) is 13.8. The van der Waals surface area contributed by atoms with E-state index in [9.17, 15) is 4.21 Å². The lowest BCUT2D eigenvalue weighted by Gasteiger charge is -2.36. The Morgan fingerprint density at radius 1 is 1.18 bits per heavy atom. The lowest BCUT2D eigenvalue weighted by molar-refractivity contribution is 0.0985. The summed E-state index contributed by atoms with van der Waals surface area (Å²) in [5.74, 6) is 1.77. The highest BCUT2D eigenvalue weighted by Crippen LogP contribution is 2.46. The fraction of sp³-hybridized carbons (Fsp3) is 0.333. The summed E-state index contributed by atoms with van der Waals surface area (Å²) >= 11 is 0. The molecule has 0 aliphatic carbocycles. The monoisotopic (exact) mass is 464 g/mol. The maximum Gasteiger partial charge on any atom is 0.148 e. The number of hydrogen-bond donors (Lipinski definition) is 2. The molecule has 9 heteroatoms. The topological polar surface area (TPSA) is 88.1 Å². The standard InChI is InChI=1S/C24H28N6O2S/c1-16-15-32-13-12-29(16)24-19-14-26-33(2,3,31)20-7-5-4-6-17(20)22(19)18-9-11-30(23(18)27-24)21-8-10-25-28-21/h4-11,16H,12-15H2,1-3H3,(H,25,28)(H,26,31)/t16-/m1/s1. The van der Waals surface area contributed by atoms with Gasteiger partial charge in [0.05, 0.1) is 25.5 Å². The Hall–Kier alpha value is -3.01. The van der Waals surface area contributed by atoms with Crippen molar-refractivity contribution >= 4 is 26.1 Å². The Morgan fingerprint density at radius 2 is 2.03 bits per heavy atom. The maximum absolute atomic E-state index is 14.2. The number of rotatable bonds is 2. The summed E-state index contributed by atoms with van der Waals surface area (Å²) in [4.78, 5) is 8.39. The van der Waals surface area contributed by atoms with Gasteiger partial charge in [-0.05, 0) is 33.9 Å². The fourth-order valence-corrected chi connectivity index (χ4v) is 7.06. The van der Waals surface area contributed by atoms with E-state index in [-0.39, 0.29) is 6.04 Å². The summed E-state index contributed by atoms with van der Waals surface area (Å²) in [7, 11) is -3.28. The number of morpholine rings is 1. The van der Waals surface area contributed by atoms with Crippen LogP contribution in [0, 0.1) is 0 Å². The van der Waals surface area contributed by atoms with Crippen molar-refractivity contribution in [2.75, 3.05) is 37.2 Å². The van der Waals surface area contributed by atoms with E-state index in [1.807, 2.05) is 47.5 Å². The van der Waals surface area contributed by atoms with Gasteiger partial charge in [-0.3, -0.25) is 18.6 Å². The van der Waals surface area contributed by atoms with E-state index in [2.05, 4.69) is 38.9 Å². The number of fused-ring (bicyclic) bond motifs is 5. The highest BCUT2D eigenvalue weighted by atomic mass is 32.3. The third-order valence-electron chi connectivity index (χ3n) is 6.76. The molecular formula is C24H28N6O2S. The highest BCUT2D eigenvalue weighted by Gasteiger charge is 2.37. The average molecular weight is 465 g/mol. The minimum atomic E-state index is -3.28. The third-order valence-corrected chi connectivity index (χ3v) is 9.38. The van der Waals surface area contributed by atoms with Crippen molar-refractivity contribution < 1.29 is 8.95 Å². The van der Waals surface area contributed by atoms with Crippen molar-refractivity contribution in [3.8, 4) is 16.9 Å². The van der Waals surface area contributed by atoms with Crippen LogP contribution in [0.5, 0.6) is 0 Å². The number of aromatic nitrogens is 4. The van der Waals surface area contributed by atoms with Crippen LogP contribution >= 0.6 is 0 Å². The molecule has 2 aliphatic rings. The molecular weight excluding hydrogens is 436 g/mol. The van der Waals surface area contributed by atoms with Gasteiger partial charge >= 0.3 is 0 Å². The predicted molar refractivity (Wildman–Crippen MR) is 131 cm³/mol. The zero-order chi connectivity index (χ0) is 22.8. The molecule has 0 spiro atoms. The molecule has 3 aromatic heterocycles. The van der Waals surface area contributed by atoms with Gasteiger partial charge in [0.2, 0.25) is 0 Å². The smallest absolute Gasteiger partial charge is 0.148 e. The molecule has 2 N–H and O–H groups in total. The molecule has 1 fully saturated rings. The zero-order valence-corrected chi connectivity index (χ0v) is 19.9. The van der Waals surface area contributed by atoms with E-state index in [0.717, 1.165) is 50.8 Å². The lowest BCUT2D eigenvalue weighted by atomic mass is 9.96. The number of benzene rings is 1. The Kier molecular flexibility index (Phi) is 4.36. The number of nitrogens with zero attached hydrogens (tertiary/aromatic N) is 4. The third kappa shape index (κ3) is 3.14. The second-order valence-electron chi connectivity index (χ2n) is 9.42. The fourth-order valence-electron chi connectivity index (χ4n) is 5.06. The van der Waals surface area contributed by atoms with Crippen LogP contribution in [-0.2, 0) is 20.5 Å². The van der Waals surface area contributed by atoms with Crippen LogP contribution < -0.4 is 9.62 Å². The van der Waals surface area contributed by atoms with Gasteiger partial charge in [0, 0.05) is 59.3 Å². The molecule has 1 atom stereocenters. The van der Waals surface area contributed by atoms with Gasteiger partial charge in [-0.25, -0.2) is 4.98 Å². The number of hydrogen-bond acceptors (Lipinski definition) is 5. The molecule has 1 aromatic carbocycles. The molecule has 1 saturated heterocycles. The Balaban J connectivity index is 1.72. The van der Waals surface area contributed by atoms with Gasteiger partial charge in [-0.1, -0.05) is 18.2 Å². The van der Waals surface area contributed by atoms with Crippen molar-refractivity contribution in [1.82, 2.24) is 24.5 Å². The molecule has 0 bridgehead atoms. The van der Waals surface area contributed by atoms with E-state index in [1.54, 1.807) is 6.20 Å². The number of anilines is 1. The normalized spacial score (nSPS) is 22.7. The first kappa shape index (κ1) is 20.6. The predicted octanol–water partition coefficient (Wildman–Crippen LogP) is 3.10. The summed E-state index contributed by atoms with van der Waals surface area (Å²) in [6, 6.07) is 12.3. The number of aromatic amines is 1. The minimum absolute atomic E-state index is 0.186. The first-order chi connectivity index (χ1) is 15.8. The van der Waals surface area contributed by atoms with Gasteiger partial charge in [-0.2, -0.15) is 5.10 Å². The van der Waals surface area contributed by atoms with Gasteiger partial charge < -0.3 is 9.64 Å². The van der Waals surface area contributed by atoms with Gasteiger partial charge in [-0.15, -0.1) is 0 Å². The second kappa shape index (κ2) is 6.99.